The molecule has 2 aromatic rings. The Morgan fingerprint density at radius 3 is 2.50 bits per heavy atom. The Hall–Kier alpha value is -2.17. The quantitative estimate of drug-likeness (QED) is 0.206. The first-order valence-corrected chi connectivity index (χ1v) is 13.1. The molecule has 1 unspecified atom stereocenters. The summed E-state index contributed by atoms with van der Waals surface area (Å²) in [6, 6.07) is 14.0. The number of esters is 1. The molecule has 0 bridgehead atoms. The van der Waals surface area contributed by atoms with Crippen LogP contribution in [0.1, 0.15) is 81.8 Å². The van der Waals surface area contributed by atoms with Gasteiger partial charge in [-0.1, -0.05) is 62.7 Å². The number of fused-ring (bicyclic) bond motifs is 1. The van der Waals surface area contributed by atoms with E-state index in [-0.39, 0.29) is 24.7 Å². The molecular formula is C30H42O4. The van der Waals surface area contributed by atoms with E-state index in [1.54, 1.807) is 0 Å². The molecule has 3 rings (SSSR count). The molecule has 4 nitrogen and oxygen atoms in total. The van der Waals surface area contributed by atoms with Crippen LogP contribution in [-0.2, 0) is 16.0 Å². The minimum absolute atomic E-state index is 0.00559. The number of hydrogen-bond acceptors (Lipinski definition) is 4. The Bertz CT molecular complexity index is 927. The van der Waals surface area contributed by atoms with Gasteiger partial charge in [-0.3, -0.25) is 0 Å². The van der Waals surface area contributed by atoms with Crippen molar-refractivity contribution in [3.8, 4) is 0 Å². The molecular weight excluding hydrogens is 424 g/mol. The topological polar surface area (TPSA) is 66.8 Å². The van der Waals surface area contributed by atoms with Crippen LogP contribution in [0.4, 0.5) is 0 Å². The van der Waals surface area contributed by atoms with E-state index in [1.165, 1.54) is 73.3 Å². The van der Waals surface area contributed by atoms with Gasteiger partial charge in [-0.15, -0.1) is 0 Å². The number of aliphatic hydroxyl groups excluding tert-OH is 2. The van der Waals surface area contributed by atoms with E-state index >= 15 is 0 Å². The summed E-state index contributed by atoms with van der Waals surface area (Å²) < 4.78 is 5.17. The summed E-state index contributed by atoms with van der Waals surface area (Å²) in [5, 5.41) is 21.3. The molecule has 1 aliphatic rings. The van der Waals surface area contributed by atoms with Gasteiger partial charge in [0.1, 0.15) is 0 Å². The molecule has 1 saturated carbocycles. The zero-order valence-corrected chi connectivity index (χ0v) is 20.8. The summed E-state index contributed by atoms with van der Waals surface area (Å²) in [5.74, 6) is 0.661. The number of rotatable bonds is 13. The zero-order chi connectivity index (χ0) is 24.3. The van der Waals surface area contributed by atoms with Crippen LogP contribution in [0.2, 0.25) is 0 Å². The molecule has 1 atom stereocenters. The fourth-order valence-electron chi connectivity index (χ4n) is 5.15. The minimum atomic E-state index is -0.579. The van der Waals surface area contributed by atoms with E-state index in [0.717, 1.165) is 12.8 Å². The van der Waals surface area contributed by atoms with E-state index in [4.69, 9.17) is 9.84 Å². The highest BCUT2D eigenvalue weighted by Gasteiger charge is 2.24. The second kappa shape index (κ2) is 13.7. The number of carbonyl (C=O) groups is 1. The van der Waals surface area contributed by atoms with Crippen molar-refractivity contribution in [1.82, 2.24) is 0 Å². The Balaban J connectivity index is 1.45. The van der Waals surface area contributed by atoms with Gasteiger partial charge in [0.15, 0.2) is 0 Å². The number of hydrogen-bond donors (Lipinski definition) is 2. The lowest BCUT2D eigenvalue weighted by atomic mass is 9.76. The van der Waals surface area contributed by atoms with Gasteiger partial charge in [0.05, 0.1) is 18.8 Å². The van der Waals surface area contributed by atoms with Crippen LogP contribution >= 0.6 is 0 Å². The van der Waals surface area contributed by atoms with Crippen molar-refractivity contribution in [2.24, 2.45) is 11.8 Å². The SMILES string of the molecule is C=C(CO)C(=O)OCC(CO)CCC1CCC(c2ccc3cc(CCCCC)ccc3c2)CC1. The monoisotopic (exact) mass is 466 g/mol. The van der Waals surface area contributed by atoms with Crippen LogP contribution in [-0.4, -0.2) is 36.0 Å². The Morgan fingerprint density at radius 1 is 1.06 bits per heavy atom. The van der Waals surface area contributed by atoms with Crippen molar-refractivity contribution in [2.45, 2.75) is 77.0 Å². The average Bonchev–Trinajstić information content (AvgIpc) is 2.88. The largest absolute Gasteiger partial charge is 0.462 e. The van der Waals surface area contributed by atoms with Gasteiger partial charge in [-0.2, -0.15) is 0 Å². The van der Waals surface area contributed by atoms with Gasteiger partial charge in [-0.25, -0.2) is 4.79 Å². The number of carbonyl (C=O) groups excluding carboxylic acids is 1. The van der Waals surface area contributed by atoms with Crippen molar-refractivity contribution in [2.75, 3.05) is 19.8 Å². The molecule has 0 amide bonds. The second-order valence-corrected chi connectivity index (χ2v) is 10.1. The van der Waals surface area contributed by atoms with E-state index in [2.05, 4.69) is 49.9 Å². The molecule has 0 aliphatic heterocycles. The second-order valence-electron chi connectivity index (χ2n) is 10.1. The molecule has 2 aromatic carbocycles. The third kappa shape index (κ3) is 7.68. The summed E-state index contributed by atoms with van der Waals surface area (Å²) >= 11 is 0. The molecule has 0 aromatic heterocycles. The van der Waals surface area contributed by atoms with Gasteiger partial charge >= 0.3 is 5.97 Å². The van der Waals surface area contributed by atoms with Crippen LogP contribution in [0, 0.1) is 11.8 Å². The highest BCUT2D eigenvalue weighted by atomic mass is 16.5. The molecule has 1 aliphatic carbocycles. The van der Waals surface area contributed by atoms with Crippen molar-refractivity contribution in [1.29, 1.82) is 0 Å². The van der Waals surface area contributed by atoms with Gasteiger partial charge in [0.25, 0.3) is 0 Å². The Morgan fingerprint density at radius 2 is 1.79 bits per heavy atom. The van der Waals surface area contributed by atoms with E-state index in [0.29, 0.717) is 11.8 Å². The molecule has 0 spiro atoms. The number of aliphatic hydroxyl groups is 2. The fraction of sp³-hybridized carbons (Fsp3) is 0.567. The smallest absolute Gasteiger partial charge is 0.335 e. The van der Waals surface area contributed by atoms with E-state index in [1.807, 2.05) is 0 Å². The highest BCUT2D eigenvalue weighted by Crippen LogP contribution is 2.38. The summed E-state index contributed by atoms with van der Waals surface area (Å²) in [6.45, 7) is 5.51. The predicted molar refractivity (Wildman–Crippen MR) is 139 cm³/mol. The van der Waals surface area contributed by atoms with Crippen molar-refractivity contribution in [3.05, 3.63) is 59.7 Å². The maximum absolute atomic E-state index is 11.7. The first-order chi connectivity index (χ1) is 16.5. The fourth-order valence-corrected chi connectivity index (χ4v) is 5.15. The van der Waals surface area contributed by atoms with Gasteiger partial charge in [0, 0.05) is 12.5 Å². The van der Waals surface area contributed by atoms with Gasteiger partial charge in [0.2, 0.25) is 0 Å². The lowest BCUT2D eigenvalue weighted by molar-refractivity contribution is -0.141. The Labute approximate surface area is 205 Å². The van der Waals surface area contributed by atoms with Crippen LogP contribution < -0.4 is 0 Å². The van der Waals surface area contributed by atoms with E-state index in [9.17, 15) is 9.90 Å². The van der Waals surface area contributed by atoms with Crippen LogP contribution in [0.5, 0.6) is 0 Å². The lowest BCUT2D eigenvalue weighted by Crippen LogP contribution is -2.21. The Kier molecular flexibility index (Phi) is 10.6. The maximum atomic E-state index is 11.7. The van der Waals surface area contributed by atoms with Crippen LogP contribution in [0.25, 0.3) is 10.8 Å². The molecule has 0 saturated heterocycles. The molecule has 186 valence electrons. The van der Waals surface area contributed by atoms with Crippen LogP contribution in [0.15, 0.2) is 48.6 Å². The highest BCUT2D eigenvalue weighted by molar-refractivity contribution is 5.87. The minimum Gasteiger partial charge on any atom is -0.462 e. The number of benzene rings is 2. The standard InChI is InChI=1S/C30H42O4/c1-3-4-5-6-24-11-14-29-18-28(16-15-27(29)17-24)26-12-9-23(10-13-26)7-8-25(20-32)21-34-30(33)22(2)19-31/h11,14-18,23,25-26,31-32H,2-10,12-13,19-21H2,1H3. The molecule has 34 heavy (non-hydrogen) atoms. The first-order valence-electron chi connectivity index (χ1n) is 13.1. The summed E-state index contributed by atoms with van der Waals surface area (Å²) in [4.78, 5) is 11.7. The van der Waals surface area contributed by atoms with Crippen LogP contribution in [0.3, 0.4) is 0 Å². The maximum Gasteiger partial charge on any atom is 0.335 e. The van der Waals surface area contributed by atoms with E-state index < -0.39 is 12.6 Å². The molecule has 0 heterocycles. The number of aryl methyl sites for hydroxylation is 1. The molecule has 1 fully saturated rings. The lowest BCUT2D eigenvalue weighted by Gasteiger charge is -2.30. The molecule has 2 N–H and O–H groups in total. The van der Waals surface area contributed by atoms with Crippen molar-refractivity contribution in [3.63, 3.8) is 0 Å². The third-order valence-electron chi connectivity index (χ3n) is 7.49. The first kappa shape index (κ1) is 26.4. The normalized spacial score (nSPS) is 19.1. The van der Waals surface area contributed by atoms with Crippen molar-refractivity contribution >= 4 is 16.7 Å². The average molecular weight is 467 g/mol. The van der Waals surface area contributed by atoms with Gasteiger partial charge in [-0.05, 0) is 85.1 Å². The number of ether oxygens (including phenoxy) is 1. The zero-order valence-electron chi connectivity index (χ0n) is 20.8. The summed E-state index contributed by atoms with van der Waals surface area (Å²) in [6.07, 6.45) is 11.7. The number of unbranched alkanes of at least 4 members (excludes halogenated alkanes) is 2. The van der Waals surface area contributed by atoms with Crippen molar-refractivity contribution < 1.29 is 19.7 Å². The molecule has 4 heteroatoms. The molecule has 0 radical (unpaired) electrons. The third-order valence-corrected chi connectivity index (χ3v) is 7.49. The summed E-state index contributed by atoms with van der Waals surface area (Å²) in [5.41, 5.74) is 2.97. The summed E-state index contributed by atoms with van der Waals surface area (Å²) in [7, 11) is 0. The van der Waals surface area contributed by atoms with Gasteiger partial charge < -0.3 is 14.9 Å². The predicted octanol–water partition coefficient (Wildman–Crippen LogP) is 6.33.